The van der Waals surface area contributed by atoms with E-state index in [4.69, 9.17) is 9.47 Å². The van der Waals surface area contributed by atoms with Gasteiger partial charge in [-0.05, 0) is 70.7 Å². The monoisotopic (exact) mass is 454 g/mol. The number of benzene rings is 3. The van der Waals surface area contributed by atoms with E-state index in [1.54, 1.807) is 6.21 Å². The number of hydrogen-bond donors (Lipinski definition) is 1. The van der Waals surface area contributed by atoms with E-state index in [0.717, 1.165) is 37.7 Å². The molecule has 3 aromatic rings. The summed E-state index contributed by atoms with van der Waals surface area (Å²) in [5.41, 5.74) is 5.43. The van der Waals surface area contributed by atoms with Gasteiger partial charge in [0.2, 0.25) is 0 Å². The molecule has 0 aromatic heterocycles. The molecule has 0 heterocycles. The summed E-state index contributed by atoms with van der Waals surface area (Å²) < 4.78 is 12.2. The average Bonchev–Trinajstić information content (AvgIpc) is 2.68. The van der Waals surface area contributed by atoms with Gasteiger partial charge < -0.3 is 9.47 Å². The summed E-state index contributed by atoms with van der Waals surface area (Å²) in [5.74, 6) is 1.04. The van der Waals surface area contributed by atoms with Crippen molar-refractivity contribution in [3.63, 3.8) is 0 Å². The zero-order valence-electron chi connectivity index (χ0n) is 16.7. The van der Waals surface area contributed by atoms with E-state index < -0.39 is 0 Å². The third-order valence-corrected chi connectivity index (χ3v) is 4.92. The number of carbonyl (C=O) groups excluding carboxylic acids is 1. The van der Waals surface area contributed by atoms with Crippen LogP contribution in [-0.4, -0.2) is 25.3 Å². The molecule has 0 radical (unpaired) electrons. The van der Waals surface area contributed by atoms with Crippen molar-refractivity contribution in [2.45, 2.75) is 20.8 Å². The standard InChI is InChI=1S/C23H23BrN2O3/c1-4-28-21-10-9-17-7-5-6-8-18(17)19(21)13-25-26-22(27)14-29-23-16(3)11-15(2)12-20(23)24/h5-13H,4,14H2,1-3H3,(H,26,27)/b25-13+. The first kappa shape index (κ1) is 20.9. The van der Waals surface area contributed by atoms with Gasteiger partial charge in [0, 0.05) is 5.56 Å². The Bertz CT molecular complexity index is 1040. The number of ether oxygens (including phenoxy) is 2. The van der Waals surface area contributed by atoms with Crippen LogP contribution in [0, 0.1) is 13.8 Å². The van der Waals surface area contributed by atoms with Crippen LogP contribution in [0.4, 0.5) is 0 Å². The number of amides is 1. The first-order valence-electron chi connectivity index (χ1n) is 9.35. The lowest BCUT2D eigenvalue weighted by molar-refractivity contribution is -0.123. The van der Waals surface area contributed by atoms with Gasteiger partial charge in [-0.1, -0.05) is 36.4 Å². The van der Waals surface area contributed by atoms with Gasteiger partial charge in [0.25, 0.3) is 5.91 Å². The van der Waals surface area contributed by atoms with Gasteiger partial charge in [0.1, 0.15) is 11.5 Å². The SMILES string of the molecule is CCOc1ccc2ccccc2c1/C=N/NC(=O)COc1c(C)cc(C)cc1Br. The van der Waals surface area contributed by atoms with E-state index in [2.05, 4.69) is 26.5 Å². The number of nitrogens with one attached hydrogen (secondary N) is 1. The van der Waals surface area contributed by atoms with Crippen molar-refractivity contribution in [2.24, 2.45) is 5.10 Å². The van der Waals surface area contributed by atoms with Crippen molar-refractivity contribution >= 4 is 38.8 Å². The first-order valence-corrected chi connectivity index (χ1v) is 10.1. The van der Waals surface area contributed by atoms with Crippen LogP contribution in [0.3, 0.4) is 0 Å². The number of nitrogens with zero attached hydrogens (tertiary/aromatic N) is 1. The highest BCUT2D eigenvalue weighted by molar-refractivity contribution is 9.10. The highest BCUT2D eigenvalue weighted by Gasteiger charge is 2.10. The Kier molecular flexibility index (Phi) is 6.88. The van der Waals surface area contributed by atoms with E-state index in [1.807, 2.05) is 69.3 Å². The molecule has 0 aliphatic carbocycles. The third kappa shape index (κ3) is 5.15. The minimum atomic E-state index is -0.341. The summed E-state index contributed by atoms with van der Waals surface area (Å²) in [5, 5.41) is 6.19. The molecule has 0 aliphatic rings. The smallest absolute Gasteiger partial charge is 0.277 e. The molecular weight excluding hydrogens is 432 g/mol. The molecule has 1 amide bonds. The van der Waals surface area contributed by atoms with Crippen molar-refractivity contribution in [1.29, 1.82) is 0 Å². The van der Waals surface area contributed by atoms with Crippen LogP contribution in [0.1, 0.15) is 23.6 Å². The maximum absolute atomic E-state index is 12.2. The molecule has 3 rings (SSSR count). The highest BCUT2D eigenvalue weighted by Crippen LogP contribution is 2.30. The maximum atomic E-state index is 12.2. The minimum Gasteiger partial charge on any atom is -0.493 e. The topological polar surface area (TPSA) is 59.9 Å². The van der Waals surface area contributed by atoms with Crippen LogP contribution in [0.2, 0.25) is 0 Å². The first-order chi connectivity index (χ1) is 14.0. The molecule has 0 fully saturated rings. The Morgan fingerprint density at radius 2 is 1.93 bits per heavy atom. The molecule has 150 valence electrons. The molecule has 0 spiro atoms. The normalized spacial score (nSPS) is 11.0. The summed E-state index contributed by atoms with van der Waals surface area (Å²) >= 11 is 3.48. The fraction of sp³-hybridized carbons (Fsp3) is 0.217. The van der Waals surface area contributed by atoms with Crippen LogP contribution in [-0.2, 0) is 4.79 Å². The lowest BCUT2D eigenvalue weighted by atomic mass is 10.0. The predicted molar refractivity (Wildman–Crippen MR) is 120 cm³/mol. The number of rotatable bonds is 7. The molecule has 0 unspecified atom stereocenters. The highest BCUT2D eigenvalue weighted by atomic mass is 79.9. The van der Waals surface area contributed by atoms with E-state index in [1.165, 1.54) is 0 Å². The summed E-state index contributed by atoms with van der Waals surface area (Å²) in [6.07, 6.45) is 1.61. The molecule has 5 nitrogen and oxygen atoms in total. The quantitative estimate of drug-likeness (QED) is 0.396. The molecule has 0 saturated heterocycles. The van der Waals surface area contributed by atoms with Gasteiger partial charge in [-0.25, -0.2) is 5.43 Å². The largest absolute Gasteiger partial charge is 0.493 e. The Morgan fingerprint density at radius 3 is 2.69 bits per heavy atom. The molecule has 0 saturated carbocycles. The van der Waals surface area contributed by atoms with Crippen molar-refractivity contribution in [2.75, 3.05) is 13.2 Å². The molecule has 1 N–H and O–H groups in total. The van der Waals surface area contributed by atoms with Crippen LogP contribution >= 0.6 is 15.9 Å². The molecule has 0 atom stereocenters. The second-order valence-electron chi connectivity index (χ2n) is 6.61. The molecule has 29 heavy (non-hydrogen) atoms. The maximum Gasteiger partial charge on any atom is 0.277 e. The van der Waals surface area contributed by atoms with Gasteiger partial charge in [0.15, 0.2) is 6.61 Å². The zero-order chi connectivity index (χ0) is 20.8. The van der Waals surface area contributed by atoms with Crippen molar-refractivity contribution in [1.82, 2.24) is 5.43 Å². The number of hydrazone groups is 1. The van der Waals surface area contributed by atoms with Crippen molar-refractivity contribution < 1.29 is 14.3 Å². The lowest BCUT2D eigenvalue weighted by Crippen LogP contribution is -2.25. The average molecular weight is 455 g/mol. The number of fused-ring (bicyclic) bond motifs is 1. The molecule has 6 heteroatoms. The van der Waals surface area contributed by atoms with Gasteiger partial charge in [-0.2, -0.15) is 5.10 Å². The summed E-state index contributed by atoms with van der Waals surface area (Å²) in [6.45, 7) is 6.30. The van der Waals surface area contributed by atoms with Gasteiger partial charge in [0.05, 0.1) is 17.3 Å². The van der Waals surface area contributed by atoms with Crippen LogP contribution in [0.5, 0.6) is 11.5 Å². The summed E-state index contributed by atoms with van der Waals surface area (Å²) in [6, 6.07) is 15.8. The Balaban J connectivity index is 1.70. The minimum absolute atomic E-state index is 0.131. The summed E-state index contributed by atoms with van der Waals surface area (Å²) in [7, 11) is 0. The third-order valence-electron chi connectivity index (χ3n) is 4.33. The Hall–Kier alpha value is -2.86. The van der Waals surface area contributed by atoms with E-state index >= 15 is 0 Å². The predicted octanol–water partition coefficient (Wildman–Crippen LogP) is 5.15. The van der Waals surface area contributed by atoms with Gasteiger partial charge in [-0.3, -0.25) is 4.79 Å². The number of aryl methyl sites for hydroxylation is 2. The van der Waals surface area contributed by atoms with Gasteiger partial charge in [-0.15, -0.1) is 0 Å². The van der Waals surface area contributed by atoms with Crippen molar-refractivity contribution in [3.8, 4) is 11.5 Å². The second-order valence-corrected chi connectivity index (χ2v) is 7.46. The van der Waals surface area contributed by atoms with Crippen LogP contribution in [0.25, 0.3) is 10.8 Å². The van der Waals surface area contributed by atoms with E-state index in [0.29, 0.717) is 12.4 Å². The molecular formula is C23H23BrN2O3. The lowest BCUT2D eigenvalue weighted by Gasteiger charge is -2.11. The van der Waals surface area contributed by atoms with Crippen LogP contribution in [0.15, 0.2) is 58.1 Å². The molecule has 0 aliphatic heterocycles. The molecule has 3 aromatic carbocycles. The summed E-state index contributed by atoms with van der Waals surface area (Å²) in [4.78, 5) is 12.2. The van der Waals surface area contributed by atoms with E-state index in [9.17, 15) is 4.79 Å². The zero-order valence-corrected chi connectivity index (χ0v) is 18.2. The number of carbonyl (C=O) groups is 1. The van der Waals surface area contributed by atoms with Crippen LogP contribution < -0.4 is 14.9 Å². The Labute approximate surface area is 178 Å². The molecule has 0 bridgehead atoms. The Morgan fingerprint density at radius 1 is 1.14 bits per heavy atom. The van der Waals surface area contributed by atoms with Crippen molar-refractivity contribution in [3.05, 3.63) is 69.7 Å². The van der Waals surface area contributed by atoms with E-state index in [-0.39, 0.29) is 12.5 Å². The number of halogens is 1. The number of hydrogen-bond acceptors (Lipinski definition) is 4. The fourth-order valence-corrected chi connectivity index (χ4v) is 3.90. The van der Waals surface area contributed by atoms with Gasteiger partial charge >= 0.3 is 0 Å². The fourth-order valence-electron chi connectivity index (χ4n) is 3.11. The second kappa shape index (κ2) is 9.56.